The van der Waals surface area contributed by atoms with Crippen LogP contribution in [0.4, 0.5) is 8.78 Å². The van der Waals surface area contributed by atoms with Crippen molar-refractivity contribution in [2.24, 2.45) is 0 Å². The molecule has 0 atom stereocenters. The van der Waals surface area contributed by atoms with Gasteiger partial charge in [0.25, 0.3) is 0 Å². The summed E-state index contributed by atoms with van der Waals surface area (Å²) in [7, 11) is 0. The number of hydrogen-bond donors (Lipinski definition) is 0. The molecule has 0 amide bonds. The number of hydrogen-bond acceptors (Lipinski definition) is 6. The van der Waals surface area contributed by atoms with Gasteiger partial charge in [-0.1, -0.05) is 41.7 Å². The maximum absolute atomic E-state index is 12.4. The molecule has 130 valence electrons. The van der Waals surface area contributed by atoms with Gasteiger partial charge in [0.1, 0.15) is 10.0 Å². The van der Waals surface area contributed by atoms with Gasteiger partial charge in [-0.25, -0.2) is 9.97 Å². The first-order chi connectivity index (χ1) is 12.6. The normalized spacial score (nSPS) is 11.2. The van der Waals surface area contributed by atoms with E-state index in [2.05, 4.69) is 24.9 Å². The lowest BCUT2D eigenvalue weighted by atomic mass is 10.1. The van der Waals surface area contributed by atoms with Crippen LogP contribution in [-0.4, -0.2) is 26.8 Å². The first-order valence-electron chi connectivity index (χ1n) is 7.71. The Hall–Kier alpha value is -3.00. The van der Waals surface area contributed by atoms with Crippen molar-refractivity contribution in [3.05, 3.63) is 54.2 Å². The van der Waals surface area contributed by atoms with Gasteiger partial charge < -0.3 is 4.74 Å². The molecule has 4 rings (SSSR count). The number of halogens is 2. The first-order valence-corrected chi connectivity index (χ1v) is 8.53. The average molecular weight is 370 g/mol. The number of benzene rings is 2. The molecule has 0 aliphatic rings. The molecule has 2 aromatic carbocycles. The molecule has 26 heavy (non-hydrogen) atoms. The van der Waals surface area contributed by atoms with Gasteiger partial charge in [0, 0.05) is 11.1 Å². The zero-order chi connectivity index (χ0) is 18.1. The Balaban J connectivity index is 1.80. The molecule has 0 bridgehead atoms. The average Bonchev–Trinajstić information content (AvgIpc) is 3.11. The van der Waals surface area contributed by atoms with E-state index in [1.165, 1.54) is 17.5 Å². The number of aryl methyl sites for hydroxylation is 1. The standard InChI is InChI=1S/C18H12F2N4OS/c1-10-7-12(15-13(8-10)22-14(9-21-15)25-18(19)20)17-24-23-16(26-17)11-5-3-2-4-6-11/h2-9,18H,1H3. The van der Waals surface area contributed by atoms with Crippen LogP contribution in [0.25, 0.3) is 32.2 Å². The second kappa shape index (κ2) is 6.72. The SMILES string of the molecule is Cc1cc(-c2nnc(-c3ccccc3)s2)c2ncc(OC(F)F)nc2c1. The fourth-order valence-corrected chi connectivity index (χ4v) is 3.45. The largest absolute Gasteiger partial charge is 0.415 e. The second-order valence-electron chi connectivity index (χ2n) is 5.55. The predicted octanol–water partition coefficient (Wildman–Crippen LogP) is 4.73. The van der Waals surface area contributed by atoms with Crippen molar-refractivity contribution < 1.29 is 13.5 Å². The summed E-state index contributed by atoms with van der Waals surface area (Å²) >= 11 is 1.44. The molecule has 0 unspecified atom stereocenters. The Bertz CT molecular complexity index is 1070. The van der Waals surface area contributed by atoms with Crippen LogP contribution < -0.4 is 4.74 Å². The Labute approximate surface area is 151 Å². The van der Waals surface area contributed by atoms with Gasteiger partial charge in [0.2, 0.25) is 5.88 Å². The van der Waals surface area contributed by atoms with Crippen LogP contribution in [0.1, 0.15) is 5.56 Å². The van der Waals surface area contributed by atoms with E-state index < -0.39 is 6.61 Å². The van der Waals surface area contributed by atoms with Gasteiger partial charge in [0.15, 0.2) is 0 Å². The summed E-state index contributed by atoms with van der Waals surface area (Å²) < 4.78 is 29.1. The van der Waals surface area contributed by atoms with Gasteiger partial charge in [-0.05, 0) is 24.6 Å². The van der Waals surface area contributed by atoms with E-state index >= 15 is 0 Å². The molecule has 2 aromatic heterocycles. The summed E-state index contributed by atoms with van der Waals surface area (Å²) in [6.45, 7) is -1.05. The highest BCUT2D eigenvalue weighted by Gasteiger charge is 2.15. The van der Waals surface area contributed by atoms with E-state index in [1.54, 1.807) is 6.07 Å². The molecule has 0 N–H and O–H groups in total. The van der Waals surface area contributed by atoms with Gasteiger partial charge >= 0.3 is 6.61 Å². The van der Waals surface area contributed by atoms with Crippen molar-refractivity contribution in [2.75, 3.05) is 0 Å². The third kappa shape index (κ3) is 3.23. The number of nitrogens with zero attached hydrogens (tertiary/aromatic N) is 4. The fraction of sp³-hybridized carbons (Fsp3) is 0.111. The second-order valence-corrected chi connectivity index (χ2v) is 6.52. The molecule has 8 heteroatoms. The van der Waals surface area contributed by atoms with Gasteiger partial charge in [-0.15, -0.1) is 10.2 Å². The van der Waals surface area contributed by atoms with Crippen LogP contribution in [0, 0.1) is 6.92 Å². The highest BCUT2D eigenvalue weighted by atomic mass is 32.1. The van der Waals surface area contributed by atoms with Crippen molar-refractivity contribution in [1.29, 1.82) is 0 Å². The van der Waals surface area contributed by atoms with E-state index in [0.29, 0.717) is 16.0 Å². The molecule has 0 fully saturated rings. The molecule has 0 saturated heterocycles. The molecule has 0 spiro atoms. The highest BCUT2D eigenvalue weighted by molar-refractivity contribution is 7.18. The number of rotatable bonds is 4. The third-order valence-corrected chi connectivity index (χ3v) is 4.66. The summed E-state index contributed by atoms with van der Waals surface area (Å²) in [5, 5.41) is 10.0. The van der Waals surface area contributed by atoms with Crippen molar-refractivity contribution in [1.82, 2.24) is 20.2 Å². The topological polar surface area (TPSA) is 60.8 Å². The molecule has 0 radical (unpaired) electrons. The smallest absolute Gasteiger partial charge is 0.388 e. The number of aromatic nitrogens is 4. The molecule has 5 nitrogen and oxygen atoms in total. The van der Waals surface area contributed by atoms with Gasteiger partial charge in [0.05, 0.1) is 17.2 Å². The van der Waals surface area contributed by atoms with Crippen LogP contribution in [0.3, 0.4) is 0 Å². The minimum absolute atomic E-state index is 0.216. The monoisotopic (exact) mass is 370 g/mol. The predicted molar refractivity (Wildman–Crippen MR) is 95.2 cm³/mol. The lowest BCUT2D eigenvalue weighted by Crippen LogP contribution is -2.04. The van der Waals surface area contributed by atoms with E-state index in [1.807, 2.05) is 43.3 Å². The van der Waals surface area contributed by atoms with Crippen molar-refractivity contribution >= 4 is 22.4 Å². The third-order valence-electron chi connectivity index (χ3n) is 3.65. The number of fused-ring (bicyclic) bond motifs is 1. The molecular formula is C18H12F2N4OS. The summed E-state index contributed by atoms with van der Waals surface area (Å²) in [6.07, 6.45) is 1.19. The Morgan fingerprint density at radius 1 is 1.04 bits per heavy atom. The lowest BCUT2D eigenvalue weighted by molar-refractivity contribution is -0.0528. The molecule has 0 aliphatic heterocycles. The van der Waals surface area contributed by atoms with E-state index in [4.69, 9.17) is 0 Å². The maximum Gasteiger partial charge on any atom is 0.388 e. The van der Waals surface area contributed by atoms with Crippen LogP contribution in [-0.2, 0) is 0 Å². The Kier molecular flexibility index (Phi) is 4.26. The lowest BCUT2D eigenvalue weighted by Gasteiger charge is -2.07. The minimum Gasteiger partial charge on any atom is -0.415 e. The van der Waals surface area contributed by atoms with Crippen LogP contribution in [0.5, 0.6) is 5.88 Å². The molecule has 0 saturated carbocycles. The maximum atomic E-state index is 12.4. The van der Waals surface area contributed by atoms with Crippen LogP contribution >= 0.6 is 11.3 Å². The van der Waals surface area contributed by atoms with Crippen molar-refractivity contribution in [3.8, 4) is 27.0 Å². The minimum atomic E-state index is -2.94. The number of alkyl halides is 2. The number of ether oxygens (including phenoxy) is 1. The van der Waals surface area contributed by atoms with Crippen LogP contribution in [0.15, 0.2) is 48.7 Å². The van der Waals surface area contributed by atoms with E-state index in [-0.39, 0.29) is 5.88 Å². The first kappa shape index (κ1) is 16.5. The van der Waals surface area contributed by atoms with E-state index in [0.717, 1.165) is 21.7 Å². The molecule has 4 aromatic rings. The van der Waals surface area contributed by atoms with Crippen molar-refractivity contribution in [2.45, 2.75) is 13.5 Å². The molecular weight excluding hydrogens is 358 g/mol. The summed E-state index contributed by atoms with van der Waals surface area (Å²) in [6, 6.07) is 13.4. The van der Waals surface area contributed by atoms with Crippen LogP contribution in [0.2, 0.25) is 0 Å². The van der Waals surface area contributed by atoms with E-state index in [9.17, 15) is 8.78 Å². The highest BCUT2D eigenvalue weighted by Crippen LogP contribution is 2.34. The van der Waals surface area contributed by atoms with Crippen molar-refractivity contribution in [3.63, 3.8) is 0 Å². The van der Waals surface area contributed by atoms with Gasteiger partial charge in [-0.3, -0.25) is 0 Å². The summed E-state index contributed by atoms with van der Waals surface area (Å²) in [5.41, 5.74) is 3.68. The zero-order valence-electron chi connectivity index (χ0n) is 13.6. The Morgan fingerprint density at radius 2 is 1.81 bits per heavy atom. The summed E-state index contributed by atoms with van der Waals surface area (Å²) in [4.78, 5) is 8.37. The molecule has 0 aliphatic carbocycles. The Morgan fingerprint density at radius 3 is 2.58 bits per heavy atom. The molecule has 2 heterocycles. The fourth-order valence-electron chi connectivity index (χ4n) is 2.59. The quantitative estimate of drug-likeness (QED) is 0.520. The summed E-state index contributed by atoms with van der Waals surface area (Å²) in [5.74, 6) is -0.216. The van der Waals surface area contributed by atoms with Gasteiger partial charge in [-0.2, -0.15) is 8.78 Å². The zero-order valence-corrected chi connectivity index (χ0v) is 14.4.